The molecular weight excluding hydrogens is 186 g/mol. The van der Waals surface area contributed by atoms with Crippen LogP contribution in [0.15, 0.2) is 0 Å². The van der Waals surface area contributed by atoms with Crippen LogP contribution in [-0.4, -0.2) is 36.7 Å². The summed E-state index contributed by atoms with van der Waals surface area (Å²) in [4.78, 5) is 2.67. The van der Waals surface area contributed by atoms with Gasteiger partial charge in [0.2, 0.25) is 0 Å². The van der Waals surface area contributed by atoms with Crippen LogP contribution in [0, 0.1) is 11.3 Å². The number of nitrogens with zero attached hydrogens (tertiary/aromatic N) is 1. The van der Waals surface area contributed by atoms with Gasteiger partial charge in [-0.05, 0) is 37.0 Å². The summed E-state index contributed by atoms with van der Waals surface area (Å²) in [6, 6.07) is 0. The van der Waals surface area contributed by atoms with E-state index in [4.69, 9.17) is 4.74 Å². The van der Waals surface area contributed by atoms with Crippen molar-refractivity contribution in [2.45, 2.75) is 45.1 Å². The first kappa shape index (κ1) is 10.1. The number of ether oxygens (including phenoxy) is 1. The topological polar surface area (TPSA) is 12.5 Å². The summed E-state index contributed by atoms with van der Waals surface area (Å²) in [5.74, 6) is 0.857. The molecule has 0 radical (unpaired) electrons. The molecule has 0 N–H and O–H groups in total. The first-order valence-corrected chi connectivity index (χ1v) is 6.51. The van der Waals surface area contributed by atoms with Crippen LogP contribution in [0.4, 0.5) is 0 Å². The highest BCUT2D eigenvalue weighted by Crippen LogP contribution is 2.53. The summed E-state index contributed by atoms with van der Waals surface area (Å²) in [6.07, 6.45) is 5.51. The molecule has 86 valence electrons. The minimum Gasteiger partial charge on any atom is -0.372 e. The van der Waals surface area contributed by atoms with Crippen molar-refractivity contribution < 1.29 is 4.74 Å². The number of rotatable bonds is 3. The predicted octanol–water partition coefficient (Wildman–Crippen LogP) is 2.29. The van der Waals surface area contributed by atoms with Crippen LogP contribution in [0.5, 0.6) is 0 Å². The zero-order chi connectivity index (χ0) is 10.5. The lowest BCUT2D eigenvalue weighted by Crippen LogP contribution is -2.46. The quantitative estimate of drug-likeness (QED) is 0.707. The molecule has 0 aromatic heterocycles. The summed E-state index contributed by atoms with van der Waals surface area (Å²) in [5.41, 5.74) is 0.985. The van der Waals surface area contributed by atoms with E-state index in [-0.39, 0.29) is 0 Å². The van der Waals surface area contributed by atoms with Crippen LogP contribution >= 0.6 is 0 Å². The van der Waals surface area contributed by atoms with Crippen molar-refractivity contribution in [1.82, 2.24) is 4.90 Å². The molecule has 1 heterocycles. The van der Waals surface area contributed by atoms with Crippen molar-refractivity contribution in [2.75, 3.05) is 26.2 Å². The largest absolute Gasteiger partial charge is 0.372 e. The lowest BCUT2D eigenvalue weighted by molar-refractivity contribution is -0.0533. The maximum Gasteiger partial charge on any atom is 0.0811 e. The van der Waals surface area contributed by atoms with Gasteiger partial charge in [-0.25, -0.2) is 0 Å². The van der Waals surface area contributed by atoms with E-state index < -0.39 is 0 Å². The average Bonchev–Trinajstić information content (AvgIpc) is 3.07. The molecule has 0 unspecified atom stereocenters. The van der Waals surface area contributed by atoms with Gasteiger partial charge in [0.15, 0.2) is 0 Å². The molecule has 2 heteroatoms. The van der Waals surface area contributed by atoms with Crippen LogP contribution in [0.25, 0.3) is 0 Å². The van der Waals surface area contributed by atoms with Gasteiger partial charge in [0.05, 0.1) is 12.2 Å². The highest BCUT2D eigenvalue weighted by atomic mass is 16.5. The van der Waals surface area contributed by atoms with E-state index in [1.165, 1.54) is 38.8 Å². The monoisotopic (exact) mass is 209 g/mol. The fraction of sp³-hybridized carbons (Fsp3) is 1.00. The van der Waals surface area contributed by atoms with Gasteiger partial charge in [-0.15, -0.1) is 0 Å². The van der Waals surface area contributed by atoms with Crippen molar-refractivity contribution in [3.63, 3.8) is 0 Å². The molecule has 2 aliphatic carbocycles. The summed E-state index contributed by atoms with van der Waals surface area (Å²) < 4.78 is 5.86. The summed E-state index contributed by atoms with van der Waals surface area (Å²) in [5, 5.41) is 0. The average molecular weight is 209 g/mol. The maximum atomic E-state index is 5.86. The third-order valence-electron chi connectivity index (χ3n) is 4.79. The Morgan fingerprint density at radius 2 is 1.93 bits per heavy atom. The summed E-state index contributed by atoms with van der Waals surface area (Å²) in [7, 11) is 0. The van der Waals surface area contributed by atoms with Gasteiger partial charge in [0.1, 0.15) is 0 Å². The Hall–Kier alpha value is -0.0800. The fourth-order valence-electron chi connectivity index (χ4n) is 3.02. The second kappa shape index (κ2) is 3.21. The van der Waals surface area contributed by atoms with Crippen LogP contribution < -0.4 is 0 Å². The van der Waals surface area contributed by atoms with Crippen molar-refractivity contribution >= 4 is 0 Å². The Morgan fingerprint density at radius 1 is 1.20 bits per heavy atom. The minimum atomic E-state index is 0.311. The van der Waals surface area contributed by atoms with Crippen LogP contribution in [0.1, 0.15) is 39.5 Å². The lowest BCUT2D eigenvalue weighted by Gasteiger charge is -2.36. The maximum absolute atomic E-state index is 5.86. The van der Waals surface area contributed by atoms with E-state index in [0.29, 0.717) is 11.0 Å². The Morgan fingerprint density at radius 3 is 2.47 bits per heavy atom. The summed E-state index contributed by atoms with van der Waals surface area (Å²) in [6.45, 7) is 9.45. The molecule has 15 heavy (non-hydrogen) atoms. The molecule has 1 aliphatic heterocycles. The van der Waals surface area contributed by atoms with Gasteiger partial charge in [-0.1, -0.05) is 13.8 Å². The second-order valence-corrected chi connectivity index (χ2v) is 6.26. The Kier molecular flexibility index (Phi) is 2.16. The van der Waals surface area contributed by atoms with Crippen molar-refractivity contribution in [3.05, 3.63) is 0 Å². The highest BCUT2D eigenvalue weighted by molar-refractivity contribution is 5.03. The van der Waals surface area contributed by atoms with Gasteiger partial charge >= 0.3 is 0 Å². The molecule has 0 atom stereocenters. The SMILES string of the molecule is CC(C)C1(CN2CCOC3(CC3)C2)CC1. The van der Waals surface area contributed by atoms with Gasteiger partial charge in [-0.3, -0.25) is 4.90 Å². The second-order valence-electron chi connectivity index (χ2n) is 6.26. The minimum absolute atomic E-state index is 0.311. The smallest absolute Gasteiger partial charge is 0.0811 e. The van der Waals surface area contributed by atoms with E-state index in [9.17, 15) is 0 Å². The standard InChI is InChI=1S/C13H23NO/c1-11(2)12(3-4-12)9-14-7-8-15-13(10-14)5-6-13/h11H,3-10H2,1-2H3. The molecule has 3 rings (SSSR count). The molecule has 2 saturated carbocycles. The molecule has 1 spiro atoms. The molecule has 0 aromatic rings. The van der Waals surface area contributed by atoms with Gasteiger partial charge in [-0.2, -0.15) is 0 Å². The van der Waals surface area contributed by atoms with Gasteiger partial charge in [0, 0.05) is 19.6 Å². The van der Waals surface area contributed by atoms with E-state index in [1.807, 2.05) is 0 Å². The highest BCUT2D eigenvalue weighted by Gasteiger charge is 2.51. The van der Waals surface area contributed by atoms with Gasteiger partial charge < -0.3 is 4.74 Å². The van der Waals surface area contributed by atoms with Crippen LogP contribution in [0.3, 0.4) is 0 Å². The number of morpholine rings is 1. The molecule has 0 bridgehead atoms. The molecule has 0 aromatic carbocycles. The first-order valence-electron chi connectivity index (χ1n) is 6.51. The zero-order valence-corrected chi connectivity index (χ0v) is 10.1. The number of hydrogen-bond acceptors (Lipinski definition) is 2. The van der Waals surface area contributed by atoms with Crippen molar-refractivity contribution in [1.29, 1.82) is 0 Å². The fourth-order valence-corrected chi connectivity index (χ4v) is 3.02. The van der Waals surface area contributed by atoms with E-state index in [1.54, 1.807) is 0 Å². The first-order chi connectivity index (χ1) is 7.14. The molecular formula is C13H23NO. The Labute approximate surface area is 93.0 Å². The third-order valence-corrected chi connectivity index (χ3v) is 4.79. The predicted molar refractivity (Wildman–Crippen MR) is 60.9 cm³/mol. The molecule has 3 fully saturated rings. The molecule has 3 aliphatic rings. The Balaban J connectivity index is 1.59. The van der Waals surface area contributed by atoms with E-state index in [2.05, 4.69) is 18.7 Å². The van der Waals surface area contributed by atoms with Crippen molar-refractivity contribution in [3.8, 4) is 0 Å². The molecule has 0 amide bonds. The molecule has 2 nitrogen and oxygen atoms in total. The van der Waals surface area contributed by atoms with E-state index >= 15 is 0 Å². The van der Waals surface area contributed by atoms with Crippen LogP contribution in [0.2, 0.25) is 0 Å². The number of hydrogen-bond donors (Lipinski definition) is 0. The normalized spacial score (nSPS) is 32.2. The van der Waals surface area contributed by atoms with Crippen molar-refractivity contribution in [2.24, 2.45) is 11.3 Å². The van der Waals surface area contributed by atoms with Gasteiger partial charge in [0.25, 0.3) is 0 Å². The van der Waals surface area contributed by atoms with E-state index in [0.717, 1.165) is 19.1 Å². The molecule has 1 saturated heterocycles. The summed E-state index contributed by atoms with van der Waals surface area (Å²) >= 11 is 0. The van der Waals surface area contributed by atoms with Crippen LogP contribution in [-0.2, 0) is 4.74 Å². The zero-order valence-electron chi connectivity index (χ0n) is 10.1. The third kappa shape index (κ3) is 1.83. The Bertz CT molecular complexity index is 253. The lowest BCUT2D eigenvalue weighted by atomic mass is 9.91.